The summed E-state index contributed by atoms with van der Waals surface area (Å²) < 4.78 is 17.8. The van der Waals surface area contributed by atoms with Crippen molar-refractivity contribution in [1.29, 1.82) is 0 Å². The van der Waals surface area contributed by atoms with Crippen molar-refractivity contribution in [2.45, 2.75) is 12.8 Å². The molecule has 0 aliphatic heterocycles. The summed E-state index contributed by atoms with van der Waals surface area (Å²) in [6, 6.07) is 12.1. The van der Waals surface area contributed by atoms with Crippen molar-refractivity contribution in [2.24, 2.45) is 0 Å². The lowest BCUT2D eigenvalue weighted by atomic mass is 10.1. The largest absolute Gasteiger partial charge is 0.417 e. The highest BCUT2D eigenvalue weighted by molar-refractivity contribution is 5.72. The Labute approximate surface area is 120 Å². The predicted octanol–water partition coefficient (Wildman–Crippen LogP) is 3.60. The number of aromatic amines is 1. The van der Waals surface area contributed by atoms with Gasteiger partial charge in [0.25, 0.3) is 0 Å². The van der Waals surface area contributed by atoms with E-state index in [-0.39, 0.29) is 5.82 Å². The molecule has 0 radical (unpaired) electrons. The van der Waals surface area contributed by atoms with Gasteiger partial charge in [-0.1, -0.05) is 30.4 Å². The molecular formula is C17H14FNO2. The molecule has 1 heterocycles. The third kappa shape index (κ3) is 3.28. The zero-order valence-electron chi connectivity index (χ0n) is 11.3. The molecule has 2 aromatic carbocycles. The molecule has 0 aliphatic rings. The number of benzene rings is 2. The average Bonchev–Trinajstić information content (AvgIpc) is 2.85. The summed E-state index contributed by atoms with van der Waals surface area (Å²) in [5, 5.41) is 0. The van der Waals surface area contributed by atoms with Gasteiger partial charge in [0, 0.05) is 0 Å². The Hall–Kier alpha value is -2.62. The van der Waals surface area contributed by atoms with Gasteiger partial charge in [0.1, 0.15) is 5.82 Å². The van der Waals surface area contributed by atoms with Gasteiger partial charge in [-0.25, -0.2) is 9.18 Å². The predicted molar refractivity (Wildman–Crippen MR) is 79.8 cm³/mol. The zero-order chi connectivity index (χ0) is 14.7. The van der Waals surface area contributed by atoms with E-state index in [2.05, 4.69) is 11.1 Å². The summed E-state index contributed by atoms with van der Waals surface area (Å²) in [5.74, 6) is -0.655. The number of aromatic nitrogens is 1. The second kappa shape index (κ2) is 5.79. The van der Waals surface area contributed by atoms with Crippen molar-refractivity contribution in [1.82, 2.24) is 4.98 Å². The summed E-state index contributed by atoms with van der Waals surface area (Å²) >= 11 is 0. The Balaban J connectivity index is 1.64. The molecule has 4 heteroatoms. The van der Waals surface area contributed by atoms with Crippen molar-refractivity contribution >= 4 is 11.1 Å². The molecular weight excluding hydrogens is 269 g/mol. The first-order valence-electron chi connectivity index (χ1n) is 6.72. The minimum atomic E-state index is -0.436. The summed E-state index contributed by atoms with van der Waals surface area (Å²) in [6.07, 6.45) is 5.62. The maximum absolute atomic E-state index is 12.8. The lowest BCUT2D eigenvalue weighted by Crippen LogP contribution is -1.92. The standard InChI is InChI=1S/C17H14FNO2/c18-14-8-5-12(6-9-14)3-1-2-4-13-7-10-15-16(11-13)21-17(20)19-15/h1-2,5-11H,3-4H2,(H,19,20)/b2-1+. The first kappa shape index (κ1) is 13.4. The molecule has 3 rings (SSSR count). The highest BCUT2D eigenvalue weighted by Crippen LogP contribution is 2.13. The number of allylic oxidation sites excluding steroid dienone is 2. The van der Waals surface area contributed by atoms with Crippen LogP contribution >= 0.6 is 0 Å². The molecule has 0 aliphatic carbocycles. The van der Waals surface area contributed by atoms with Crippen LogP contribution in [0.25, 0.3) is 11.1 Å². The minimum Gasteiger partial charge on any atom is -0.408 e. The van der Waals surface area contributed by atoms with E-state index in [1.807, 2.05) is 24.3 Å². The Bertz CT molecular complexity index is 828. The molecule has 3 aromatic rings. The molecule has 1 aromatic heterocycles. The van der Waals surface area contributed by atoms with Crippen LogP contribution in [0.4, 0.5) is 4.39 Å². The SMILES string of the molecule is O=c1[nH]c2ccc(C/C=C/Cc3ccc(F)cc3)cc2o1. The molecule has 3 nitrogen and oxygen atoms in total. The van der Waals surface area contributed by atoms with E-state index in [1.54, 1.807) is 12.1 Å². The number of H-pyrrole nitrogens is 1. The zero-order valence-corrected chi connectivity index (χ0v) is 11.3. The summed E-state index contributed by atoms with van der Waals surface area (Å²) in [7, 11) is 0. The molecule has 106 valence electrons. The van der Waals surface area contributed by atoms with Crippen LogP contribution < -0.4 is 5.76 Å². The Kier molecular flexibility index (Phi) is 3.69. The molecule has 0 bridgehead atoms. The Morgan fingerprint density at radius 3 is 2.43 bits per heavy atom. The van der Waals surface area contributed by atoms with E-state index < -0.39 is 5.76 Å². The summed E-state index contributed by atoms with van der Waals surface area (Å²) in [4.78, 5) is 13.7. The van der Waals surface area contributed by atoms with Crippen molar-refractivity contribution < 1.29 is 8.81 Å². The van der Waals surface area contributed by atoms with E-state index in [0.29, 0.717) is 11.1 Å². The number of halogens is 1. The Morgan fingerprint density at radius 1 is 1.00 bits per heavy atom. The fourth-order valence-corrected chi connectivity index (χ4v) is 2.18. The summed E-state index contributed by atoms with van der Waals surface area (Å²) in [6.45, 7) is 0. The number of rotatable bonds is 4. The van der Waals surface area contributed by atoms with Crippen LogP contribution in [0.15, 0.2) is 63.8 Å². The maximum atomic E-state index is 12.8. The molecule has 0 saturated carbocycles. The van der Waals surface area contributed by atoms with Gasteiger partial charge in [-0.15, -0.1) is 0 Å². The summed E-state index contributed by atoms with van der Waals surface area (Å²) in [5.41, 5.74) is 3.42. The van der Waals surface area contributed by atoms with Crippen LogP contribution in [0.2, 0.25) is 0 Å². The second-order valence-electron chi connectivity index (χ2n) is 4.85. The number of hydrogen-bond acceptors (Lipinski definition) is 2. The van der Waals surface area contributed by atoms with Gasteiger partial charge >= 0.3 is 5.76 Å². The van der Waals surface area contributed by atoms with E-state index in [1.165, 1.54) is 12.1 Å². The molecule has 0 fully saturated rings. The van der Waals surface area contributed by atoms with Gasteiger partial charge in [-0.05, 0) is 48.2 Å². The monoisotopic (exact) mass is 283 g/mol. The highest BCUT2D eigenvalue weighted by atomic mass is 19.1. The van der Waals surface area contributed by atoms with Crippen LogP contribution in [-0.4, -0.2) is 4.98 Å². The fraction of sp³-hybridized carbons (Fsp3) is 0.118. The van der Waals surface area contributed by atoms with Crippen molar-refractivity contribution in [3.63, 3.8) is 0 Å². The van der Waals surface area contributed by atoms with Gasteiger partial charge in [0.05, 0.1) is 5.52 Å². The number of hydrogen-bond donors (Lipinski definition) is 1. The Morgan fingerprint density at radius 2 is 1.67 bits per heavy atom. The van der Waals surface area contributed by atoms with Crippen molar-refractivity contribution in [3.8, 4) is 0 Å². The van der Waals surface area contributed by atoms with Gasteiger partial charge in [0.15, 0.2) is 5.58 Å². The minimum absolute atomic E-state index is 0.218. The smallest absolute Gasteiger partial charge is 0.408 e. The van der Waals surface area contributed by atoms with E-state index in [9.17, 15) is 9.18 Å². The fourth-order valence-electron chi connectivity index (χ4n) is 2.18. The van der Waals surface area contributed by atoms with E-state index in [4.69, 9.17) is 4.42 Å². The van der Waals surface area contributed by atoms with Crippen LogP contribution in [0.1, 0.15) is 11.1 Å². The molecule has 0 amide bonds. The van der Waals surface area contributed by atoms with Crippen LogP contribution in [0.5, 0.6) is 0 Å². The maximum Gasteiger partial charge on any atom is 0.417 e. The van der Waals surface area contributed by atoms with Gasteiger partial charge in [0.2, 0.25) is 0 Å². The molecule has 1 N–H and O–H groups in total. The topological polar surface area (TPSA) is 46.0 Å². The lowest BCUT2D eigenvalue weighted by Gasteiger charge is -1.97. The van der Waals surface area contributed by atoms with Crippen molar-refractivity contribution in [3.05, 3.63) is 82.1 Å². The first-order chi connectivity index (χ1) is 10.2. The third-order valence-corrected chi connectivity index (χ3v) is 3.27. The molecule has 0 atom stereocenters. The number of oxazole rings is 1. The van der Waals surface area contributed by atoms with Crippen molar-refractivity contribution in [2.75, 3.05) is 0 Å². The van der Waals surface area contributed by atoms with E-state index in [0.717, 1.165) is 24.0 Å². The van der Waals surface area contributed by atoms with Gasteiger partial charge < -0.3 is 4.42 Å². The molecule has 21 heavy (non-hydrogen) atoms. The number of fused-ring (bicyclic) bond motifs is 1. The first-order valence-corrected chi connectivity index (χ1v) is 6.72. The van der Waals surface area contributed by atoms with Gasteiger partial charge in [-0.3, -0.25) is 4.98 Å². The van der Waals surface area contributed by atoms with Crippen LogP contribution in [0, 0.1) is 5.82 Å². The number of nitrogens with one attached hydrogen (secondary N) is 1. The molecule has 0 spiro atoms. The average molecular weight is 283 g/mol. The third-order valence-electron chi connectivity index (χ3n) is 3.27. The van der Waals surface area contributed by atoms with E-state index >= 15 is 0 Å². The molecule has 0 saturated heterocycles. The molecule has 0 unspecified atom stereocenters. The lowest BCUT2D eigenvalue weighted by molar-refractivity contribution is 0.555. The quantitative estimate of drug-likeness (QED) is 0.744. The normalized spacial score (nSPS) is 11.5. The van der Waals surface area contributed by atoms with Crippen LogP contribution in [-0.2, 0) is 12.8 Å². The highest BCUT2D eigenvalue weighted by Gasteiger charge is 2.00. The van der Waals surface area contributed by atoms with Gasteiger partial charge in [-0.2, -0.15) is 0 Å². The van der Waals surface area contributed by atoms with Crippen LogP contribution in [0.3, 0.4) is 0 Å². The second-order valence-corrected chi connectivity index (χ2v) is 4.85.